The standard InChI is InChI=1S/C50H58N8O10S/c1-29(2)66-25-32-26-67-42-22-34(21-39(58(60)61)44(42)53-32)69(62,63)46-38(55-15-12-50(13-16-55)23-33(24-50)56-17-19-65-27-41(56)35-7-5-4-6-30(35)3)9-8-36(47(51)59)45(46)57-37-11-18-64-28-43(37)68-49-40(57)20-31-10-14-52-48(31)54-49/h4-10,14,20-22,29,32-33,37,41,43,53H,11-13,15-19,23-28H2,1-3H3,(H2,51,59)(H,52,54)/t32-,37+,41+,43+/m1/s1. The van der Waals surface area contributed by atoms with Crippen LogP contribution in [0.15, 0.2) is 76.7 Å². The molecule has 0 bridgehead atoms. The third-order valence-electron chi connectivity index (χ3n) is 15.2. The SMILES string of the molecule is Cc1ccccc1[C@@H]1COCCN1C1CC2(CCN(c3ccc(C(N)=O)c(N4c5cc6cc[nH]c6nc5O[C@H]5COCC[C@@H]54)c3S(=O)(=O)c3cc4c(c([N+](=O)[O-])c3)N[C@H](COC(C)C)CO4)CC2)C1. The van der Waals surface area contributed by atoms with Gasteiger partial charge in [0.15, 0.2) is 11.4 Å². The summed E-state index contributed by atoms with van der Waals surface area (Å²) < 4.78 is 62.4. The van der Waals surface area contributed by atoms with Crippen LogP contribution in [0.5, 0.6) is 11.6 Å². The van der Waals surface area contributed by atoms with Crippen LogP contribution in [0.25, 0.3) is 11.0 Å². The molecule has 1 saturated carbocycles. The van der Waals surface area contributed by atoms with E-state index in [1.165, 1.54) is 17.2 Å². The second kappa shape index (κ2) is 17.8. The minimum Gasteiger partial charge on any atom is -0.489 e. The molecule has 1 spiro atoms. The topological polar surface area (TPSA) is 217 Å². The third kappa shape index (κ3) is 8.10. The lowest BCUT2D eigenvalue weighted by atomic mass is 9.59. The largest absolute Gasteiger partial charge is 0.489 e. The molecule has 2 aromatic heterocycles. The molecule has 4 N–H and O–H groups in total. The van der Waals surface area contributed by atoms with Crippen LogP contribution >= 0.6 is 0 Å². The molecule has 5 aromatic rings. The Balaban J connectivity index is 1.01. The number of hydrogen-bond acceptors (Lipinski definition) is 15. The summed E-state index contributed by atoms with van der Waals surface area (Å²) in [5.74, 6) is -0.600. The van der Waals surface area contributed by atoms with Crippen molar-refractivity contribution in [2.24, 2.45) is 11.1 Å². The van der Waals surface area contributed by atoms with Crippen LogP contribution in [-0.4, -0.2) is 124 Å². The molecule has 3 saturated heterocycles. The molecule has 0 radical (unpaired) electrons. The maximum atomic E-state index is 16.0. The van der Waals surface area contributed by atoms with Gasteiger partial charge in [0.05, 0.1) is 77.4 Å². The number of aryl methyl sites for hydroxylation is 1. The number of carbonyl (C=O) groups excluding carboxylic acids is 1. The minimum atomic E-state index is -4.78. The van der Waals surface area contributed by atoms with Crippen LogP contribution in [-0.2, 0) is 24.0 Å². The number of piperidine rings is 1. The number of benzene rings is 3. The van der Waals surface area contributed by atoms with E-state index in [1.54, 1.807) is 18.3 Å². The number of carbonyl (C=O) groups is 1. The Morgan fingerprint density at radius 3 is 2.58 bits per heavy atom. The molecule has 5 aliphatic heterocycles. The molecule has 364 valence electrons. The van der Waals surface area contributed by atoms with Crippen molar-refractivity contribution in [1.82, 2.24) is 14.9 Å². The van der Waals surface area contributed by atoms with Gasteiger partial charge in [0.25, 0.3) is 11.6 Å². The molecule has 1 aliphatic carbocycles. The number of primary amides is 1. The molecule has 6 aliphatic rings. The number of nitrogens with one attached hydrogen (secondary N) is 2. The predicted molar refractivity (Wildman–Crippen MR) is 258 cm³/mol. The lowest BCUT2D eigenvalue weighted by molar-refractivity contribution is -0.384. The maximum Gasteiger partial charge on any atom is 0.297 e. The van der Waals surface area contributed by atoms with E-state index in [-0.39, 0.29) is 75.7 Å². The number of H-pyrrole nitrogens is 1. The monoisotopic (exact) mass is 962 g/mol. The summed E-state index contributed by atoms with van der Waals surface area (Å²) in [6.45, 7) is 10.1. The molecule has 0 unspecified atom stereocenters. The molecule has 18 nitrogen and oxygen atoms in total. The second-order valence-corrected chi connectivity index (χ2v) is 21.6. The van der Waals surface area contributed by atoms with Crippen molar-refractivity contribution < 1.29 is 41.8 Å². The maximum absolute atomic E-state index is 16.0. The van der Waals surface area contributed by atoms with Crippen LogP contribution in [0.4, 0.5) is 28.4 Å². The highest BCUT2D eigenvalue weighted by Crippen LogP contribution is 2.55. The molecule has 4 atom stereocenters. The Morgan fingerprint density at radius 2 is 1.81 bits per heavy atom. The highest BCUT2D eigenvalue weighted by molar-refractivity contribution is 7.91. The molecule has 1 amide bonds. The quantitative estimate of drug-likeness (QED) is 0.0915. The average molecular weight is 963 g/mol. The molecule has 3 aromatic carbocycles. The van der Waals surface area contributed by atoms with Gasteiger partial charge in [-0.1, -0.05) is 24.3 Å². The van der Waals surface area contributed by atoms with Crippen molar-refractivity contribution >= 4 is 55.2 Å². The molecule has 69 heavy (non-hydrogen) atoms. The fourth-order valence-electron chi connectivity index (χ4n) is 11.6. The first-order valence-corrected chi connectivity index (χ1v) is 25.5. The first-order chi connectivity index (χ1) is 33.3. The number of anilines is 4. The number of pyridine rings is 1. The summed E-state index contributed by atoms with van der Waals surface area (Å²) in [6.07, 6.45) is 5.17. The Kier molecular flexibility index (Phi) is 11.7. The van der Waals surface area contributed by atoms with E-state index >= 15 is 8.42 Å². The van der Waals surface area contributed by atoms with E-state index in [9.17, 15) is 14.9 Å². The average Bonchev–Trinajstić information content (AvgIpc) is 3.80. The van der Waals surface area contributed by atoms with Crippen LogP contribution in [0, 0.1) is 22.5 Å². The van der Waals surface area contributed by atoms with Crippen molar-refractivity contribution in [2.45, 2.75) is 99.0 Å². The van der Waals surface area contributed by atoms with Gasteiger partial charge in [0, 0.05) is 56.0 Å². The molecular weight excluding hydrogens is 905 g/mol. The second-order valence-electron chi connectivity index (χ2n) is 19.7. The summed E-state index contributed by atoms with van der Waals surface area (Å²) in [4.78, 5) is 40.1. The van der Waals surface area contributed by atoms with Gasteiger partial charge in [-0.3, -0.25) is 19.8 Å². The molecule has 11 rings (SSSR count). The fourth-order valence-corrected chi connectivity index (χ4v) is 13.3. The molecule has 4 fully saturated rings. The van der Waals surface area contributed by atoms with Gasteiger partial charge in [-0.25, -0.2) is 8.42 Å². The van der Waals surface area contributed by atoms with Gasteiger partial charge in [-0.2, -0.15) is 4.98 Å². The number of fused-ring (bicyclic) bond motifs is 4. The number of ether oxygens (including phenoxy) is 5. The van der Waals surface area contributed by atoms with Crippen molar-refractivity contribution in [3.63, 3.8) is 0 Å². The third-order valence-corrected chi connectivity index (χ3v) is 17.0. The zero-order valence-electron chi connectivity index (χ0n) is 39.0. The molecule has 7 heterocycles. The van der Waals surface area contributed by atoms with Crippen molar-refractivity contribution in [2.75, 3.05) is 74.4 Å². The highest BCUT2D eigenvalue weighted by atomic mass is 32.2. The predicted octanol–water partition coefficient (Wildman–Crippen LogP) is 6.82. The Labute approximate surface area is 400 Å². The summed E-state index contributed by atoms with van der Waals surface area (Å²) in [5, 5.41) is 16.8. The number of sulfone groups is 1. The number of nitrogens with zero attached hydrogens (tertiary/aromatic N) is 5. The lowest BCUT2D eigenvalue weighted by Gasteiger charge is -2.57. The van der Waals surface area contributed by atoms with Crippen molar-refractivity contribution in [3.8, 4) is 11.6 Å². The van der Waals surface area contributed by atoms with Crippen LogP contribution in [0.1, 0.15) is 73.5 Å². The Hall–Kier alpha value is -5.99. The van der Waals surface area contributed by atoms with E-state index in [2.05, 4.69) is 51.3 Å². The van der Waals surface area contributed by atoms with Crippen molar-refractivity contribution in [1.29, 1.82) is 0 Å². The number of morpholine rings is 1. The van der Waals surface area contributed by atoms with Gasteiger partial charge >= 0.3 is 0 Å². The zero-order chi connectivity index (χ0) is 47.8. The van der Waals surface area contributed by atoms with E-state index in [0.29, 0.717) is 62.4 Å². The van der Waals surface area contributed by atoms with Crippen LogP contribution < -0.4 is 30.3 Å². The minimum absolute atomic E-state index is 0.0161. The van der Waals surface area contributed by atoms with E-state index in [0.717, 1.165) is 43.7 Å². The summed E-state index contributed by atoms with van der Waals surface area (Å²) in [7, 11) is -4.78. The number of aromatic nitrogens is 2. The van der Waals surface area contributed by atoms with Gasteiger partial charge in [-0.15, -0.1) is 0 Å². The van der Waals surface area contributed by atoms with Crippen LogP contribution in [0.2, 0.25) is 0 Å². The van der Waals surface area contributed by atoms with Gasteiger partial charge < -0.3 is 49.5 Å². The summed E-state index contributed by atoms with van der Waals surface area (Å²) in [6, 6.07) is 17.6. The number of nitro benzene ring substituents is 1. The fraction of sp³-hybridized carbons (Fsp3) is 0.480. The summed E-state index contributed by atoms with van der Waals surface area (Å²) in [5.41, 5.74) is 9.88. The smallest absolute Gasteiger partial charge is 0.297 e. The molecule has 19 heteroatoms. The number of aromatic amines is 1. The van der Waals surface area contributed by atoms with Crippen LogP contribution in [0.3, 0.4) is 0 Å². The van der Waals surface area contributed by atoms with Gasteiger partial charge in [0.2, 0.25) is 15.7 Å². The van der Waals surface area contributed by atoms with E-state index in [4.69, 9.17) is 34.4 Å². The normalized spacial score (nSPS) is 23.6. The highest BCUT2D eigenvalue weighted by Gasteiger charge is 2.51. The number of rotatable bonds is 11. The lowest BCUT2D eigenvalue weighted by Crippen LogP contribution is -2.58. The van der Waals surface area contributed by atoms with Gasteiger partial charge in [0.1, 0.15) is 28.9 Å². The summed E-state index contributed by atoms with van der Waals surface area (Å²) >= 11 is 0. The molecular formula is C50H58N8O10S. The number of nitrogens with two attached hydrogens (primary N) is 1. The first kappa shape index (κ1) is 45.5. The van der Waals surface area contributed by atoms with E-state index in [1.807, 2.05) is 30.9 Å². The van der Waals surface area contributed by atoms with E-state index < -0.39 is 44.5 Å². The Morgan fingerprint density at radius 1 is 1.01 bits per heavy atom. The van der Waals surface area contributed by atoms with Crippen molar-refractivity contribution in [3.05, 3.63) is 93.7 Å². The zero-order valence-corrected chi connectivity index (χ0v) is 39.8. The Bertz CT molecular complexity index is 2930. The number of hydrogen-bond donors (Lipinski definition) is 3. The number of nitro groups is 1. The van der Waals surface area contributed by atoms with Gasteiger partial charge in [-0.05, 0) is 93.7 Å². The first-order valence-electron chi connectivity index (χ1n) is 24.0. The number of amides is 1.